The molecule has 0 spiro atoms. The highest BCUT2D eigenvalue weighted by Gasteiger charge is 2.21. The fourth-order valence-corrected chi connectivity index (χ4v) is 3.35. The minimum atomic E-state index is -0.615. The number of anilines is 2. The van der Waals surface area contributed by atoms with E-state index in [4.69, 9.17) is 9.47 Å². The molecule has 3 aromatic rings. The molecule has 7 heteroatoms. The van der Waals surface area contributed by atoms with Crippen molar-refractivity contribution in [3.63, 3.8) is 0 Å². The van der Waals surface area contributed by atoms with Gasteiger partial charge in [-0.25, -0.2) is 0 Å². The van der Waals surface area contributed by atoms with Gasteiger partial charge in [-0.15, -0.1) is 0 Å². The number of methoxy groups -OCH3 is 2. The first-order chi connectivity index (χ1) is 15.8. The van der Waals surface area contributed by atoms with E-state index in [1.807, 2.05) is 0 Å². The third kappa shape index (κ3) is 5.51. The Balaban J connectivity index is 2.02. The molecule has 0 saturated heterocycles. The van der Waals surface area contributed by atoms with Gasteiger partial charge in [-0.3, -0.25) is 9.59 Å². The minimum absolute atomic E-state index is 0.128. The molecule has 0 radical (unpaired) electrons. The van der Waals surface area contributed by atoms with Crippen molar-refractivity contribution in [2.75, 3.05) is 24.9 Å². The highest BCUT2D eigenvalue weighted by Crippen LogP contribution is 2.28. The number of hydrogen-bond acceptors (Lipinski definition) is 5. The highest BCUT2D eigenvalue weighted by atomic mass is 16.5. The number of rotatable bonds is 7. The summed E-state index contributed by atoms with van der Waals surface area (Å²) >= 11 is 0. The van der Waals surface area contributed by atoms with E-state index in [1.165, 1.54) is 20.3 Å². The number of benzene rings is 3. The number of carbonyl (C=O) groups excluding carboxylic acids is 2. The van der Waals surface area contributed by atoms with Gasteiger partial charge in [0.05, 0.1) is 25.6 Å². The molecular weight excluding hydrogens is 420 g/mol. The number of phenolic OH excluding ortho intramolecular Hbond substituents is 1. The van der Waals surface area contributed by atoms with Crippen molar-refractivity contribution in [2.24, 2.45) is 0 Å². The predicted molar refractivity (Wildman–Crippen MR) is 129 cm³/mol. The number of amides is 2. The molecule has 0 atom stereocenters. The number of para-hydroxylation sites is 4. The molecular formula is C26H26N2O5. The molecule has 0 fully saturated rings. The van der Waals surface area contributed by atoms with Crippen molar-refractivity contribution in [1.29, 1.82) is 0 Å². The zero-order valence-corrected chi connectivity index (χ0v) is 18.9. The maximum atomic E-state index is 13.2. The Hall–Kier alpha value is -4.26. The van der Waals surface area contributed by atoms with Crippen molar-refractivity contribution < 1.29 is 24.2 Å². The minimum Gasteiger partial charge on any atom is -0.507 e. The van der Waals surface area contributed by atoms with Gasteiger partial charge in [-0.2, -0.15) is 0 Å². The topological polar surface area (TPSA) is 96.9 Å². The Labute approximate surface area is 192 Å². The average Bonchev–Trinajstić information content (AvgIpc) is 2.81. The van der Waals surface area contributed by atoms with E-state index in [0.717, 1.165) is 0 Å². The second-order valence-electron chi connectivity index (χ2n) is 7.37. The van der Waals surface area contributed by atoms with E-state index in [1.54, 1.807) is 74.5 Å². The van der Waals surface area contributed by atoms with Crippen LogP contribution in [0.4, 0.5) is 11.4 Å². The molecule has 0 aromatic heterocycles. The quantitative estimate of drug-likeness (QED) is 0.278. The Kier molecular flexibility index (Phi) is 7.35. The zero-order valence-electron chi connectivity index (χ0n) is 18.9. The van der Waals surface area contributed by atoms with Crippen molar-refractivity contribution in [3.8, 4) is 17.2 Å². The van der Waals surface area contributed by atoms with Crippen LogP contribution in [0.1, 0.15) is 16.7 Å². The lowest BCUT2D eigenvalue weighted by molar-refractivity contribution is -0.118. The number of ether oxygens (including phenoxy) is 2. The van der Waals surface area contributed by atoms with Crippen molar-refractivity contribution in [3.05, 3.63) is 82.9 Å². The Morgan fingerprint density at radius 1 is 0.788 bits per heavy atom. The molecule has 3 N–H and O–H groups in total. The normalized spacial score (nSPS) is 10.2. The van der Waals surface area contributed by atoms with E-state index in [9.17, 15) is 14.7 Å². The van der Waals surface area contributed by atoms with E-state index in [0.29, 0.717) is 39.6 Å². The first-order valence-electron chi connectivity index (χ1n) is 10.2. The molecule has 0 saturated carbocycles. The van der Waals surface area contributed by atoms with Crippen LogP contribution >= 0.6 is 0 Å². The molecule has 0 aliphatic rings. The maximum Gasteiger partial charge on any atom is 0.261 e. The summed E-state index contributed by atoms with van der Waals surface area (Å²) in [4.78, 5) is 26.5. The second-order valence-corrected chi connectivity index (χ2v) is 7.37. The van der Waals surface area contributed by atoms with Gasteiger partial charge in [0, 0.05) is 0 Å². The fraction of sp³-hybridized carbons (Fsp3) is 0.154. The first kappa shape index (κ1) is 23.4. The number of hydrogen-bond donors (Lipinski definition) is 3. The standard InChI is InChI=1S/C26H26N2O5/c1-16-13-18(14-17(2)24(16)29)15-19(25(30)27-20-9-5-7-11-22(20)32-3)26(31)28-21-10-6-8-12-23(21)33-4/h5-15,29H,1-4H3,(H,27,30)(H,28,31). The van der Waals surface area contributed by atoms with Crippen LogP contribution in [0.2, 0.25) is 0 Å². The summed E-state index contributed by atoms with van der Waals surface area (Å²) in [7, 11) is 3.00. The highest BCUT2D eigenvalue weighted by molar-refractivity contribution is 6.29. The van der Waals surface area contributed by atoms with Crippen LogP contribution in [0.3, 0.4) is 0 Å². The second kappa shape index (κ2) is 10.4. The zero-order chi connectivity index (χ0) is 24.0. The van der Waals surface area contributed by atoms with E-state index < -0.39 is 11.8 Å². The molecule has 3 aromatic carbocycles. The summed E-state index contributed by atoms with van der Waals surface area (Å²) in [5.41, 5.74) is 2.60. The lowest BCUT2D eigenvalue weighted by Gasteiger charge is -2.14. The third-order valence-electron chi connectivity index (χ3n) is 5.02. The first-order valence-corrected chi connectivity index (χ1v) is 10.2. The van der Waals surface area contributed by atoms with E-state index in [-0.39, 0.29) is 11.3 Å². The van der Waals surface area contributed by atoms with Crippen LogP contribution in [0.15, 0.2) is 66.2 Å². The van der Waals surface area contributed by atoms with Crippen molar-refractivity contribution in [1.82, 2.24) is 0 Å². The number of nitrogens with one attached hydrogen (secondary N) is 2. The molecule has 0 heterocycles. The van der Waals surface area contributed by atoms with Crippen molar-refractivity contribution in [2.45, 2.75) is 13.8 Å². The monoisotopic (exact) mass is 446 g/mol. The van der Waals surface area contributed by atoms with Crippen LogP contribution < -0.4 is 20.1 Å². The predicted octanol–water partition coefficient (Wildman–Crippen LogP) is 4.69. The number of aryl methyl sites for hydroxylation is 2. The summed E-state index contributed by atoms with van der Waals surface area (Å²) < 4.78 is 10.6. The smallest absolute Gasteiger partial charge is 0.261 e. The summed E-state index contributed by atoms with van der Waals surface area (Å²) in [6, 6.07) is 17.3. The van der Waals surface area contributed by atoms with Gasteiger partial charge < -0.3 is 25.2 Å². The van der Waals surface area contributed by atoms with Gasteiger partial charge in [0.2, 0.25) is 0 Å². The SMILES string of the molecule is COc1ccccc1NC(=O)C(=Cc1cc(C)c(O)c(C)c1)C(=O)Nc1ccccc1OC. The van der Waals surface area contributed by atoms with E-state index in [2.05, 4.69) is 10.6 Å². The summed E-state index contributed by atoms with van der Waals surface area (Å²) in [6.07, 6.45) is 1.48. The molecule has 33 heavy (non-hydrogen) atoms. The maximum absolute atomic E-state index is 13.2. The molecule has 0 aliphatic carbocycles. The molecule has 0 aliphatic heterocycles. The van der Waals surface area contributed by atoms with Crippen LogP contribution in [-0.2, 0) is 9.59 Å². The van der Waals surface area contributed by atoms with Crippen LogP contribution in [-0.4, -0.2) is 31.1 Å². The Bertz CT molecular complexity index is 1130. The molecule has 170 valence electrons. The van der Waals surface area contributed by atoms with Gasteiger partial charge >= 0.3 is 0 Å². The van der Waals surface area contributed by atoms with Crippen LogP contribution in [0.25, 0.3) is 6.08 Å². The van der Waals surface area contributed by atoms with E-state index >= 15 is 0 Å². The molecule has 7 nitrogen and oxygen atoms in total. The van der Waals surface area contributed by atoms with Gasteiger partial charge in [-0.1, -0.05) is 24.3 Å². The fourth-order valence-electron chi connectivity index (χ4n) is 3.35. The summed E-state index contributed by atoms with van der Waals surface area (Å²) in [5.74, 6) is -0.130. The Morgan fingerprint density at radius 2 is 1.21 bits per heavy atom. The van der Waals surface area contributed by atoms with Gasteiger partial charge in [-0.05, 0) is 73.0 Å². The number of carbonyl (C=O) groups is 2. The van der Waals surface area contributed by atoms with Gasteiger partial charge in [0.25, 0.3) is 11.8 Å². The molecule has 0 bridgehead atoms. The van der Waals surface area contributed by atoms with Crippen LogP contribution in [0.5, 0.6) is 17.2 Å². The number of aromatic hydroxyl groups is 1. The lowest BCUT2D eigenvalue weighted by atomic mass is 10.0. The lowest BCUT2D eigenvalue weighted by Crippen LogP contribution is -2.25. The van der Waals surface area contributed by atoms with Gasteiger partial charge in [0.15, 0.2) is 0 Å². The number of phenols is 1. The summed E-state index contributed by atoms with van der Waals surface area (Å²) in [6.45, 7) is 3.51. The summed E-state index contributed by atoms with van der Waals surface area (Å²) in [5, 5.41) is 15.6. The Morgan fingerprint density at radius 3 is 1.64 bits per heavy atom. The molecule has 2 amide bonds. The molecule has 3 rings (SSSR count). The van der Waals surface area contributed by atoms with Crippen molar-refractivity contribution >= 4 is 29.3 Å². The third-order valence-corrected chi connectivity index (χ3v) is 5.02. The average molecular weight is 447 g/mol. The largest absolute Gasteiger partial charge is 0.507 e. The molecule has 0 unspecified atom stereocenters. The van der Waals surface area contributed by atoms with Crippen LogP contribution in [0, 0.1) is 13.8 Å². The van der Waals surface area contributed by atoms with Gasteiger partial charge in [0.1, 0.15) is 22.8 Å².